The van der Waals surface area contributed by atoms with Gasteiger partial charge in [-0.3, -0.25) is 4.57 Å². The summed E-state index contributed by atoms with van der Waals surface area (Å²) in [6, 6.07) is 0. The number of imidazole rings is 1. The monoisotopic (exact) mass is 265 g/mol. The second-order valence-electron chi connectivity index (χ2n) is 3.94. The molecule has 3 rings (SSSR count). The SMILES string of the molecule is C=C1O[C@H](n2cnc3c(N)ncnc32)C(O)OC1O. The molecule has 0 aromatic carbocycles. The summed E-state index contributed by atoms with van der Waals surface area (Å²) in [5.41, 5.74) is 6.43. The molecule has 3 atom stereocenters. The van der Waals surface area contributed by atoms with Crippen LogP contribution in [0.5, 0.6) is 0 Å². The number of ether oxygens (including phenoxy) is 2. The summed E-state index contributed by atoms with van der Waals surface area (Å²) in [6.07, 6.45) is -1.07. The van der Waals surface area contributed by atoms with E-state index >= 15 is 0 Å². The third kappa shape index (κ3) is 1.80. The van der Waals surface area contributed by atoms with Crippen LogP contribution in [0, 0.1) is 0 Å². The van der Waals surface area contributed by atoms with Gasteiger partial charge in [-0.05, 0) is 0 Å². The molecule has 1 aliphatic heterocycles. The van der Waals surface area contributed by atoms with Gasteiger partial charge in [0.2, 0.25) is 18.8 Å². The van der Waals surface area contributed by atoms with E-state index in [1.807, 2.05) is 0 Å². The van der Waals surface area contributed by atoms with Crippen molar-refractivity contribution >= 4 is 17.0 Å². The number of aliphatic hydroxyl groups excluding tert-OH is 2. The minimum atomic E-state index is -1.39. The van der Waals surface area contributed by atoms with E-state index in [1.54, 1.807) is 0 Å². The molecule has 4 N–H and O–H groups in total. The molecule has 100 valence electrons. The third-order valence-corrected chi connectivity index (χ3v) is 2.72. The molecule has 9 nitrogen and oxygen atoms in total. The van der Waals surface area contributed by atoms with Gasteiger partial charge in [-0.1, -0.05) is 6.58 Å². The maximum atomic E-state index is 9.79. The number of nitrogens with two attached hydrogens (primary N) is 1. The van der Waals surface area contributed by atoms with Crippen LogP contribution < -0.4 is 5.73 Å². The largest absolute Gasteiger partial charge is 0.464 e. The summed E-state index contributed by atoms with van der Waals surface area (Å²) in [6.45, 7) is 3.49. The molecule has 2 aromatic rings. The second kappa shape index (κ2) is 4.16. The number of fused-ring (bicyclic) bond motifs is 1. The first-order chi connectivity index (χ1) is 9.08. The lowest BCUT2D eigenvalue weighted by Gasteiger charge is -2.33. The Bertz CT molecular complexity index is 642. The highest BCUT2D eigenvalue weighted by molar-refractivity contribution is 5.81. The zero-order chi connectivity index (χ0) is 13.6. The molecule has 1 saturated heterocycles. The Morgan fingerprint density at radius 3 is 2.89 bits per heavy atom. The van der Waals surface area contributed by atoms with Crippen molar-refractivity contribution < 1.29 is 19.7 Å². The van der Waals surface area contributed by atoms with Crippen LogP contribution in [0.4, 0.5) is 5.82 Å². The molecule has 1 fully saturated rings. The fourth-order valence-corrected chi connectivity index (χ4v) is 1.80. The molecular weight excluding hydrogens is 254 g/mol. The molecule has 0 amide bonds. The maximum Gasteiger partial charge on any atom is 0.229 e. The summed E-state index contributed by atoms with van der Waals surface area (Å²) in [4.78, 5) is 11.9. The number of rotatable bonds is 1. The lowest BCUT2D eigenvalue weighted by Crippen LogP contribution is -2.39. The van der Waals surface area contributed by atoms with E-state index in [0.717, 1.165) is 0 Å². The lowest BCUT2D eigenvalue weighted by atomic mass is 10.4. The van der Waals surface area contributed by atoms with Crippen molar-refractivity contribution in [2.24, 2.45) is 0 Å². The van der Waals surface area contributed by atoms with Crippen molar-refractivity contribution in [3.05, 3.63) is 25.0 Å². The minimum Gasteiger partial charge on any atom is -0.464 e. The minimum absolute atomic E-state index is 0.0146. The van der Waals surface area contributed by atoms with E-state index in [9.17, 15) is 10.2 Å². The number of hydrogen-bond acceptors (Lipinski definition) is 8. The van der Waals surface area contributed by atoms with Crippen molar-refractivity contribution in [3.8, 4) is 0 Å². The molecule has 9 heteroatoms. The zero-order valence-electron chi connectivity index (χ0n) is 9.67. The van der Waals surface area contributed by atoms with Crippen LogP contribution in [-0.2, 0) is 9.47 Å². The number of aromatic nitrogens is 4. The highest BCUT2D eigenvalue weighted by atomic mass is 16.7. The smallest absolute Gasteiger partial charge is 0.229 e. The third-order valence-electron chi connectivity index (χ3n) is 2.72. The first-order valence-electron chi connectivity index (χ1n) is 5.38. The highest BCUT2D eigenvalue weighted by Crippen LogP contribution is 2.29. The van der Waals surface area contributed by atoms with Gasteiger partial charge in [-0.2, -0.15) is 0 Å². The molecule has 3 heterocycles. The lowest BCUT2D eigenvalue weighted by molar-refractivity contribution is -0.297. The Hall–Kier alpha value is -2.23. The topological polar surface area (TPSA) is 129 Å². The number of nitrogens with zero attached hydrogens (tertiary/aromatic N) is 4. The van der Waals surface area contributed by atoms with Gasteiger partial charge >= 0.3 is 0 Å². The van der Waals surface area contributed by atoms with E-state index < -0.39 is 18.8 Å². The fourth-order valence-electron chi connectivity index (χ4n) is 1.80. The van der Waals surface area contributed by atoms with Crippen LogP contribution in [0.1, 0.15) is 6.23 Å². The molecule has 19 heavy (non-hydrogen) atoms. The van der Waals surface area contributed by atoms with Crippen molar-refractivity contribution in [2.75, 3.05) is 5.73 Å². The summed E-state index contributed by atoms with van der Waals surface area (Å²) in [5, 5.41) is 19.1. The Labute approximate surface area is 106 Å². The van der Waals surface area contributed by atoms with Crippen molar-refractivity contribution in [1.29, 1.82) is 0 Å². The van der Waals surface area contributed by atoms with Gasteiger partial charge in [0.1, 0.15) is 23.9 Å². The summed E-state index contributed by atoms with van der Waals surface area (Å²) in [7, 11) is 0. The first kappa shape index (κ1) is 11.8. The van der Waals surface area contributed by atoms with Gasteiger partial charge in [-0.15, -0.1) is 0 Å². The van der Waals surface area contributed by atoms with Crippen molar-refractivity contribution in [1.82, 2.24) is 19.5 Å². The van der Waals surface area contributed by atoms with Gasteiger partial charge in [0.15, 0.2) is 11.5 Å². The van der Waals surface area contributed by atoms with Gasteiger partial charge in [-0.25, -0.2) is 15.0 Å². The van der Waals surface area contributed by atoms with Gasteiger partial charge in [0.25, 0.3) is 0 Å². The first-order valence-corrected chi connectivity index (χ1v) is 5.38. The fraction of sp³-hybridized carbons (Fsp3) is 0.300. The number of aliphatic hydroxyl groups is 2. The van der Waals surface area contributed by atoms with E-state index in [-0.39, 0.29) is 11.6 Å². The number of anilines is 1. The molecule has 0 radical (unpaired) electrons. The highest BCUT2D eigenvalue weighted by Gasteiger charge is 2.35. The maximum absolute atomic E-state index is 9.79. The predicted octanol–water partition coefficient (Wildman–Crippen LogP) is -0.896. The predicted molar refractivity (Wildman–Crippen MR) is 62.1 cm³/mol. The standard InChI is InChI=1S/C10H11N5O4/c1-4-9(16)19-10(17)8(18-4)15-3-14-5-6(11)12-2-13-7(5)15/h2-3,8-10,16-17H,1H2,(H2,11,12,13)/t8-,9?,10?/m0/s1. The van der Waals surface area contributed by atoms with Gasteiger partial charge < -0.3 is 25.4 Å². The van der Waals surface area contributed by atoms with Crippen LogP contribution in [0.25, 0.3) is 11.2 Å². The molecule has 0 spiro atoms. The van der Waals surface area contributed by atoms with E-state index in [1.165, 1.54) is 17.2 Å². The normalized spacial score (nSPS) is 27.5. The van der Waals surface area contributed by atoms with Crippen molar-refractivity contribution in [3.63, 3.8) is 0 Å². The molecule has 0 saturated carbocycles. The van der Waals surface area contributed by atoms with Crippen molar-refractivity contribution in [2.45, 2.75) is 18.8 Å². The number of hydrogen-bond donors (Lipinski definition) is 3. The van der Waals surface area contributed by atoms with E-state index in [0.29, 0.717) is 11.2 Å². The summed E-state index contributed by atoms with van der Waals surface area (Å²) >= 11 is 0. The average molecular weight is 265 g/mol. The molecule has 0 bridgehead atoms. The summed E-state index contributed by atoms with van der Waals surface area (Å²) < 4.78 is 11.6. The Morgan fingerprint density at radius 1 is 1.32 bits per heavy atom. The molecule has 0 aliphatic carbocycles. The van der Waals surface area contributed by atoms with Gasteiger partial charge in [0, 0.05) is 0 Å². The Kier molecular flexibility index (Phi) is 2.59. The van der Waals surface area contributed by atoms with E-state index in [2.05, 4.69) is 21.5 Å². The molecular formula is C10H11N5O4. The van der Waals surface area contributed by atoms with Crippen LogP contribution in [-0.4, -0.2) is 42.3 Å². The van der Waals surface area contributed by atoms with Crippen LogP contribution in [0.15, 0.2) is 25.0 Å². The van der Waals surface area contributed by atoms with Crippen LogP contribution in [0.3, 0.4) is 0 Å². The Morgan fingerprint density at radius 2 is 2.11 bits per heavy atom. The van der Waals surface area contributed by atoms with Crippen LogP contribution >= 0.6 is 0 Å². The average Bonchev–Trinajstić information content (AvgIpc) is 2.79. The molecule has 1 aliphatic rings. The van der Waals surface area contributed by atoms with Crippen LogP contribution in [0.2, 0.25) is 0 Å². The van der Waals surface area contributed by atoms with E-state index in [4.69, 9.17) is 15.2 Å². The summed E-state index contributed by atoms with van der Waals surface area (Å²) in [5.74, 6) is 0.202. The quantitative estimate of drug-likeness (QED) is 0.605. The zero-order valence-corrected chi connectivity index (χ0v) is 9.67. The second-order valence-corrected chi connectivity index (χ2v) is 3.94. The molecule has 2 aromatic heterocycles. The number of nitrogen functional groups attached to an aromatic ring is 1. The molecule has 2 unspecified atom stereocenters. The van der Waals surface area contributed by atoms with Gasteiger partial charge in [0.05, 0.1) is 0 Å². The Balaban J connectivity index is 2.05.